The minimum absolute atomic E-state index is 0.510. The van der Waals surface area contributed by atoms with Crippen molar-refractivity contribution in [3.63, 3.8) is 0 Å². The summed E-state index contributed by atoms with van der Waals surface area (Å²) in [6.45, 7) is 5.23. The number of benzene rings is 1. The van der Waals surface area contributed by atoms with Gasteiger partial charge in [0.2, 0.25) is 0 Å². The number of rotatable bonds is 5. The monoisotopic (exact) mass is 230 g/mol. The molecule has 0 amide bonds. The van der Waals surface area contributed by atoms with Gasteiger partial charge in [0.1, 0.15) is 0 Å². The molecule has 0 fully saturated rings. The van der Waals surface area contributed by atoms with Gasteiger partial charge in [0, 0.05) is 19.0 Å². The summed E-state index contributed by atoms with van der Waals surface area (Å²) in [5, 5.41) is 11.5. The first-order valence-electron chi connectivity index (χ1n) is 5.96. The maximum Gasteiger partial charge on any atom is 0.0730 e. The number of para-hydroxylation sites is 1. The van der Waals surface area contributed by atoms with E-state index in [0.717, 1.165) is 24.3 Å². The zero-order chi connectivity index (χ0) is 12.1. The Morgan fingerprint density at radius 1 is 1.24 bits per heavy atom. The quantitative estimate of drug-likeness (QED) is 0.851. The first kappa shape index (κ1) is 11.8. The molecule has 4 heteroatoms. The van der Waals surface area contributed by atoms with E-state index in [1.807, 2.05) is 41.2 Å². The molecule has 1 aromatic carbocycles. The molecule has 1 aromatic heterocycles. The van der Waals surface area contributed by atoms with E-state index in [1.54, 1.807) is 0 Å². The fourth-order valence-corrected chi connectivity index (χ4v) is 1.70. The second-order valence-electron chi connectivity index (χ2n) is 4.33. The van der Waals surface area contributed by atoms with Crippen LogP contribution < -0.4 is 5.32 Å². The van der Waals surface area contributed by atoms with Crippen molar-refractivity contribution in [2.75, 3.05) is 6.54 Å². The Hall–Kier alpha value is -1.68. The van der Waals surface area contributed by atoms with E-state index >= 15 is 0 Å². The highest BCUT2D eigenvalue weighted by Crippen LogP contribution is 2.08. The van der Waals surface area contributed by atoms with Gasteiger partial charge in [-0.3, -0.25) is 0 Å². The van der Waals surface area contributed by atoms with Crippen LogP contribution in [0, 0.1) is 0 Å². The summed E-state index contributed by atoms with van der Waals surface area (Å²) in [5.41, 5.74) is 2.19. The second-order valence-corrected chi connectivity index (χ2v) is 4.33. The van der Waals surface area contributed by atoms with E-state index in [-0.39, 0.29) is 0 Å². The van der Waals surface area contributed by atoms with Crippen molar-refractivity contribution in [3.05, 3.63) is 42.2 Å². The molecule has 17 heavy (non-hydrogen) atoms. The Kier molecular flexibility index (Phi) is 3.88. The minimum atomic E-state index is 0.510. The van der Waals surface area contributed by atoms with Crippen molar-refractivity contribution in [2.45, 2.75) is 26.3 Å². The standard InChI is InChI=1S/C13H18N4/c1-11(2)14-9-8-13-10-15-16-17(13)12-6-4-3-5-7-12/h3-7,10-11,14H,8-9H2,1-2H3. The Labute approximate surface area is 102 Å². The summed E-state index contributed by atoms with van der Waals surface area (Å²) in [6.07, 6.45) is 2.76. The normalized spacial score (nSPS) is 11.0. The van der Waals surface area contributed by atoms with Crippen LogP contribution in [-0.2, 0) is 6.42 Å². The smallest absolute Gasteiger partial charge is 0.0730 e. The average Bonchev–Trinajstić information content (AvgIpc) is 2.78. The summed E-state index contributed by atoms with van der Waals surface area (Å²) in [4.78, 5) is 0. The maximum atomic E-state index is 4.12. The SMILES string of the molecule is CC(C)NCCc1cnnn1-c1ccccc1. The zero-order valence-electron chi connectivity index (χ0n) is 10.3. The van der Waals surface area contributed by atoms with E-state index < -0.39 is 0 Å². The summed E-state index contributed by atoms with van der Waals surface area (Å²) < 4.78 is 1.89. The zero-order valence-corrected chi connectivity index (χ0v) is 10.3. The summed E-state index contributed by atoms with van der Waals surface area (Å²) in [6, 6.07) is 10.6. The van der Waals surface area contributed by atoms with Gasteiger partial charge in [0.15, 0.2) is 0 Å². The first-order valence-corrected chi connectivity index (χ1v) is 5.96. The van der Waals surface area contributed by atoms with E-state index in [1.165, 1.54) is 0 Å². The van der Waals surface area contributed by atoms with Crippen LogP contribution in [0.4, 0.5) is 0 Å². The van der Waals surface area contributed by atoms with Gasteiger partial charge in [-0.05, 0) is 12.1 Å². The average molecular weight is 230 g/mol. The highest BCUT2D eigenvalue weighted by molar-refractivity contribution is 5.31. The van der Waals surface area contributed by atoms with Crippen molar-refractivity contribution < 1.29 is 0 Å². The Morgan fingerprint density at radius 3 is 2.71 bits per heavy atom. The van der Waals surface area contributed by atoms with Gasteiger partial charge in [-0.2, -0.15) is 0 Å². The third-order valence-corrected chi connectivity index (χ3v) is 2.55. The molecule has 0 aliphatic carbocycles. The maximum absolute atomic E-state index is 4.12. The minimum Gasteiger partial charge on any atom is -0.314 e. The fourth-order valence-electron chi connectivity index (χ4n) is 1.70. The summed E-state index contributed by atoms with van der Waals surface area (Å²) in [5.74, 6) is 0. The molecule has 2 aromatic rings. The molecule has 0 aliphatic heterocycles. The second kappa shape index (κ2) is 5.59. The molecular weight excluding hydrogens is 212 g/mol. The van der Waals surface area contributed by atoms with Crippen molar-refractivity contribution in [2.24, 2.45) is 0 Å². The molecule has 0 saturated heterocycles. The van der Waals surface area contributed by atoms with E-state index in [0.29, 0.717) is 6.04 Å². The third kappa shape index (κ3) is 3.14. The van der Waals surface area contributed by atoms with Gasteiger partial charge < -0.3 is 5.32 Å². The van der Waals surface area contributed by atoms with Crippen molar-refractivity contribution in [1.29, 1.82) is 0 Å². The molecule has 0 unspecified atom stereocenters. The molecule has 0 atom stereocenters. The number of hydrogen-bond acceptors (Lipinski definition) is 3. The molecule has 0 aliphatic rings. The van der Waals surface area contributed by atoms with Crippen LogP contribution >= 0.6 is 0 Å². The van der Waals surface area contributed by atoms with Crippen molar-refractivity contribution in [3.8, 4) is 5.69 Å². The van der Waals surface area contributed by atoms with Crippen molar-refractivity contribution in [1.82, 2.24) is 20.3 Å². The van der Waals surface area contributed by atoms with Gasteiger partial charge in [0.05, 0.1) is 17.6 Å². The third-order valence-electron chi connectivity index (χ3n) is 2.55. The highest BCUT2D eigenvalue weighted by Gasteiger charge is 2.05. The lowest BCUT2D eigenvalue weighted by atomic mass is 10.2. The lowest BCUT2D eigenvalue weighted by molar-refractivity contribution is 0.581. The van der Waals surface area contributed by atoms with Crippen LogP contribution in [0.15, 0.2) is 36.5 Å². The van der Waals surface area contributed by atoms with Crippen LogP contribution in [0.2, 0.25) is 0 Å². The highest BCUT2D eigenvalue weighted by atomic mass is 15.4. The lowest BCUT2D eigenvalue weighted by Crippen LogP contribution is -2.25. The number of aromatic nitrogens is 3. The summed E-state index contributed by atoms with van der Waals surface area (Å²) in [7, 11) is 0. The molecule has 4 nitrogen and oxygen atoms in total. The Morgan fingerprint density at radius 2 is 2.00 bits per heavy atom. The van der Waals surface area contributed by atoms with Gasteiger partial charge in [-0.15, -0.1) is 5.10 Å². The largest absolute Gasteiger partial charge is 0.314 e. The molecule has 0 bridgehead atoms. The predicted molar refractivity (Wildman–Crippen MR) is 68.2 cm³/mol. The molecular formula is C13H18N4. The Bertz CT molecular complexity index is 447. The Balaban J connectivity index is 2.07. The van der Waals surface area contributed by atoms with Crippen LogP contribution in [0.25, 0.3) is 5.69 Å². The molecule has 0 saturated carbocycles. The van der Waals surface area contributed by atoms with Crippen LogP contribution in [0.5, 0.6) is 0 Å². The number of nitrogens with zero attached hydrogens (tertiary/aromatic N) is 3. The summed E-state index contributed by atoms with van der Waals surface area (Å²) >= 11 is 0. The molecule has 0 spiro atoms. The van der Waals surface area contributed by atoms with Gasteiger partial charge in [-0.1, -0.05) is 37.3 Å². The predicted octanol–water partition coefficient (Wildman–Crippen LogP) is 1.81. The first-order chi connectivity index (χ1) is 8.27. The van der Waals surface area contributed by atoms with Crippen LogP contribution in [0.1, 0.15) is 19.5 Å². The van der Waals surface area contributed by atoms with Crippen LogP contribution in [0.3, 0.4) is 0 Å². The van der Waals surface area contributed by atoms with Crippen LogP contribution in [-0.4, -0.2) is 27.6 Å². The topological polar surface area (TPSA) is 42.7 Å². The fraction of sp³-hybridized carbons (Fsp3) is 0.385. The van der Waals surface area contributed by atoms with Crippen molar-refractivity contribution >= 4 is 0 Å². The van der Waals surface area contributed by atoms with Gasteiger partial charge in [0.25, 0.3) is 0 Å². The van der Waals surface area contributed by atoms with Gasteiger partial charge >= 0.3 is 0 Å². The molecule has 1 heterocycles. The lowest BCUT2D eigenvalue weighted by Gasteiger charge is -2.09. The number of hydrogen-bond donors (Lipinski definition) is 1. The van der Waals surface area contributed by atoms with E-state index in [4.69, 9.17) is 0 Å². The molecule has 1 N–H and O–H groups in total. The number of nitrogens with one attached hydrogen (secondary N) is 1. The van der Waals surface area contributed by atoms with E-state index in [2.05, 4.69) is 29.5 Å². The van der Waals surface area contributed by atoms with Gasteiger partial charge in [-0.25, -0.2) is 4.68 Å². The molecule has 90 valence electrons. The molecule has 0 radical (unpaired) electrons. The van der Waals surface area contributed by atoms with E-state index in [9.17, 15) is 0 Å². The molecule has 2 rings (SSSR count).